The molecule has 1 aliphatic rings. The molecule has 0 saturated carbocycles. The van der Waals surface area contributed by atoms with Crippen molar-refractivity contribution in [3.05, 3.63) is 102 Å². The maximum absolute atomic E-state index is 4.56. The molecular formula is C31H27NS. The number of nitrogens with zero attached hydrogens (tertiary/aromatic N) is 1. The van der Waals surface area contributed by atoms with Crippen LogP contribution in [0, 0.1) is 18.9 Å². The smallest absolute Gasteiger partial charge is 0.160 e. The number of aryl methyl sites for hydroxylation is 1. The Kier molecular flexibility index (Phi) is 4.67. The van der Waals surface area contributed by atoms with E-state index in [0.717, 1.165) is 6.42 Å². The lowest BCUT2D eigenvalue weighted by Crippen LogP contribution is -2.18. The van der Waals surface area contributed by atoms with Crippen LogP contribution in [0.3, 0.4) is 0 Å². The van der Waals surface area contributed by atoms with Gasteiger partial charge < -0.3 is 0 Å². The van der Waals surface area contributed by atoms with E-state index in [1.807, 2.05) is 11.3 Å². The summed E-state index contributed by atoms with van der Waals surface area (Å²) >= 11 is 1.89. The number of thiophene rings is 1. The Bertz CT molecular complexity index is 1600. The molecule has 4 aromatic carbocycles. The lowest BCUT2D eigenvalue weighted by atomic mass is 9.85. The van der Waals surface area contributed by atoms with Gasteiger partial charge >= 0.3 is 0 Å². The SMILES string of the molecule is C=[N+]1c2ccc3ccccc3c2C(CC(C)C)=C[C-]1c1cc(C)cc2c1[s+][c-]1ccccc21. The van der Waals surface area contributed by atoms with Crippen molar-refractivity contribution in [1.82, 2.24) is 0 Å². The Morgan fingerprint density at radius 3 is 2.64 bits per heavy atom. The first-order valence-electron chi connectivity index (χ1n) is 11.6. The standard InChI is InChI=1S/C31H27NS/c1-19(2)15-22-18-28(32(4)27-14-13-21-9-5-6-10-23(21)30(22)27)26-17-20(3)16-25-24-11-7-8-12-29(24)33-31(25)26/h5-14,16-19H,4,15H2,1-3H3. The van der Waals surface area contributed by atoms with Crippen LogP contribution < -0.4 is 0 Å². The molecule has 0 N–H and O–H groups in total. The van der Waals surface area contributed by atoms with Crippen molar-refractivity contribution >= 4 is 60.3 Å². The molecule has 0 bridgehead atoms. The summed E-state index contributed by atoms with van der Waals surface area (Å²) in [5.74, 6) is 0.572. The molecule has 0 fully saturated rings. The zero-order valence-corrected chi connectivity index (χ0v) is 20.2. The molecule has 0 spiro atoms. The second-order valence-electron chi connectivity index (χ2n) is 9.55. The number of hydrogen-bond acceptors (Lipinski definition) is 0. The summed E-state index contributed by atoms with van der Waals surface area (Å²) in [6.45, 7) is 11.4. The van der Waals surface area contributed by atoms with Crippen LogP contribution in [0.15, 0.2) is 78.9 Å². The van der Waals surface area contributed by atoms with Crippen molar-refractivity contribution in [2.24, 2.45) is 5.92 Å². The van der Waals surface area contributed by atoms with Gasteiger partial charge in [-0.2, -0.15) is 0 Å². The fourth-order valence-electron chi connectivity index (χ4n) is 5.25. The molecule has 0 unspecified atom stereocenters. The summed E-state index contributed by atoms with van der Waals surface area (Å²) in [4.78, 5) is 0. The molecule has 6 rings (SSSR count). The van der Waals surface area contributed by atoms with E-state index in [1.165, 1.54) is 64.9 Å². The normalized spacial score (nSPS) is 13.9. The first kappa shape index (κ1) is 20.3. The van der Waals surface area contributed by atoms with Gasteiger partial charge in [0.15, 0.2) is 21.1 Å². The van der Waals surface area contributed by atoms with E-state index in [9.17, 15) is 0 Å². The van der Waals surface area contributed by atoms with Gasteiger partial charge in [-0.25, -0.2) is 4.58 Å². The van der Waals surface area contributed by atoms with Crippen LogP contribution >= 0.6 is 11.3 Å². The first-order chi connectivity index (χ1) is 16.0. The van der Waals surface area contributed by atoms with Gasteiger partial charge in [-0.15, -0.1) is 18.2 Å². The topological polar surface area (TPSA) is 3.01 Å². The molecule has 1 nitrogen and oxygen atoms in total. The van der Waals surface area contributed by atoms with Crippen LogP contribution in [-0.4, -0.2) is 11.3 Å². The van der Waals surface area contributed by atoms with Crippen LogP contribution in [0.1, 0.15) is 37.0 Å². The predicted molar refractivity (Wildman–Crippen MR) is 145 cm³/mol. The third kappa shape index (κ3) is 3.20. The average molecular weight is 446 g/mol. The maximum Gasteiger partial charge on any atom is 0.160 e. The Morgan fingerprint density at radius 2 is 1.79 bits per heavy atom. The minimum atomic E-state index is 0.572. The fourth-order valence-corrected chi connectivity index (χ4v) is 6.46. The Balaban J connectivity index is 1.63. The fraction of sp³-hybridized carbons (Fsp3) is 0.161. The van der Waals surface area contributed by atoms with Gasteiger partial charge in [0.1, 0.15) is 11.3 Å². The van der Waals surface area contributed by atoms with Gasteiger partial charge in [-0.1, -0.05) is 78.9 Å². The third-order valence-corrected chi connectivity index (χ3v) is 7.87. The lowest BCUT2D eigenvalue weighted by molar-refractivity contribution is -0.400. The van der Waals surface area contributed by atoms with E-state index in [0.29, 0.717) is 5.92 Å². The molecule has 0 atom stereocenters. The molecular weight excluding hydrogens is 418 g/mol. The van der Waals surface area contributed by atoms with Gasteiger partial charge in [0.2, 0.25) is 0 Å². The van der Waals surface area contributed by atoms with Crippen molar-refractivity contribution in [3.8, 4) is 0 Å². The van der Waals surface area contributed by atoms with E-state index in [4.69, 9.17) is 0 Å². The third-order valence-electron chi connectivity index (χ3n) is 6.65. The van der Waals surface area contributed by atoms with E-state index < -0.39 is 0 Å². The van der Waals surface area contributed by atoms with Crippen LogP contribution in [0.2, 0.25) is 0 Å². The number of hydrogen-bond donors (Lipinski definition) is 0. The highest BCUT2D eigenvalue weighted by atomic mass is 32.1. The molecule has 5 aromatic rings. The van der Waals surface area contributed by atoms with E-state index >= 15 is 0 Å². The number of allylic oxidation sites excluding steroid dienone is 1. The quantitative estimate of drug-likeness (QED) is 0.148. The number of rotatable bonds is 3. The van der Waals surface area contributed by atoms with Crippen molar-refractivity contribution in [1.29, 1.82) is 0 Å². The monoisotopic (exact) mass is 445 g/mol. The number of fused-ring (bicyclic) bond motifs is 6. The molecule has 0 amide bonds. The van der Waals surface area contributed by atoms with E-state index in [2.05, 4.69) is 111 Å². The molecule has 1 aliphatic heterocycles. The van der Waals surface area contributed by atoms with E-state index in [1.54, 1.807) is 0 Å². The van der Waals surface area contributed by atoms with Crippen molar-refractivity contribution in [3.63, 3.8) is 0 Å². The van der Waals surface area contributed by atoms with E-state index in [-0.39, 0.29) is 0 Å². The summed E-state index contributed by atoms with van der Waals surface area (Å²) < 4.78 is 4.84. The van der Waals surface area contributed by atoms with Crippen LogP contribution in [0.4, 0.5) is 5.69 Å². The molecule has 162 valence electrons. The summed E-state index contributed by atoms with van der Waals surface area (Å²) in [5.41, 5.74) is 6.49. The Morgan fingerprint density at radius 1 is 0.970 bits per heavy atom. The number of benzene rings is 4. The zero-order chi connectivity index (χ0) is 22.7. The van der Waals surface area contributed by atoms with Crippen molar-refractivity contribution in [2.45, 2.75) is 27.2 Å². The molecule has 33 heavy (non-hydrogen) atoms. The minimum absolute atomic E-state index is 0.572. The van der Waals surface area contributed by atoms with Gasteiger partial charge in [0.25, 0.3) is 0 Å². The summed E-state index contributed by atoms with van der Waals surface area (Å²) in [5, 5.41) is 5.28. The minimum Gasteiger partial charge on any atom is -0.248 e. The molecule has 1 aromatic heterocycles. The molecule has 2 heterocycles. The predicted octanol–water partition coefficient (Wildman–Crippen LogP) is 8.88. The van der Waals surface area contributed by atoms with Gasteiger partial charge in [0.05, 0.1) is 6.72 Å². The van der Waals surface area contributed by atoms with Crippen molar-refractivity contribution in [2.75, 3.05) is 0 Å². The van der Waals surface area contributed by atoms with Gasteiger partial charge in [0, 0.05) is 11.1 Å². The Labute approximate surface area is 199 Å². The van der Waals surface area contributed by atoms with Gasteiger partial charge in [-0.3, -0.25) is 0 Å². The van der Waals surface area contributed by atoms with Crippen LogP contribution in [-0.2, 0) is 0 Å². The highest BCUT2D eigenvalue weighted by molar-refractivity contribution is 7.26. The summed E-state index contributed by atoms with van der Waals surface area (Å²) in [6.07, 6.45) is 3.44. The average Bonchev–Trinajstić information content (AvgIpc) is 3.18. The van der Waals surface area contributed by atoms with Crippen LogP contribution in [0.25, 0.3) is 36.5 Å². The lowest BCUT2D eigenvalue weighted by Gasteiger charge is -2.28. The maximum atomic E-state index is 4.56. The molecule has 0 aliphatic carbocycles. The van der Waals surface area contributed by atoms with Crippen molar-refractivity contribution < 1.29 is 4.58 Å². The molecule has 0 radical (unpaired) electrons. The second-order valence-corrected chi connectivity index (χ2v) is 10.6. The Hall–Kier alpha value is -3.36. The largest absolute Gasteiger partial charge is 0.248 e. The molecule has 2 heteroatoms. The van der Waals surface area contributed by atoms with Crippen LogP contribution in [0.5, 0.6) is 0 Å². The highest BCUT2D eigenvalue weighted by Crippen LogP contribution is 2.47. The zero-order valence-electron chi connectivity index (χ0n) is 19.4. The summed E-state index contributed by atoms with van der Waals surface area (Å²) in [7, 11) is 0. The summed E-state index contributed by atoms with van der Waals surface area (Å²) in [6, 6.07) is 27.8. The first-order valence-corrected chi connectivity index (χ1v) is 12.5. The highest BCUT2D eigenvalue weighted by Gasteiger charge is 2.30. The van der Waals surface area contributed by atoms with Gasteiger partial charge in [-0.05, 0) is 47.6 Å². The molecule has 0 saturated heterocycles. The second kappa shape index (κ2) is 7.60.